The molecule has 6 heteroatoms. The summed E-state index contributed by atoms with van der Waals surface area (Å²) in [5, 5.41) is 3.36. The van der Waals surface area contributed by atoms with Gasteiger partial charge in [0.2, 0.25) is 0 Å². The van der Waals surface area contributed by atoms with E-state index in [1.54, 1.807) is 6.33 Å². The number of ether oxygens (including phenoxy) is 2. The van der Waals surface area contributed by atoms with Crippen LogP contribution in [0.5, 0.6) is 0 Å². The number of aromatic nitrogens is 2. The highest BCUT2D eigenvalue weighted by molar-refractivity contribution is 5.48. The Balaban J connectivity index is 1.38. The number of hydrogen-bond donors (Lipinski definition) is 1. The number of morpholine rings is 1. The van der Waals surface area contributed by atoms with Gasteiger partial charge in [0.15, 0.2) is 0 Å². The lowest BCUT2D eigenvalue weighted by Gasteiger charge is -2.27. The first kappa shape index (κ1) is 15.5. The van der Waals surface area contributed by atoms with E-state index in [1.165, 1.54) is 25.7 Å². The molecule has 122 valence electrons. The van der Waals surface area contributed by atoms with Crippen LogP contribution in [0.1, 0.15) is 32.1 Å². The molecule has 0 atom stereocenters. The Kier molecular flexibility index (Phi) is 5.84. The third-order valence-corrected chi connectivity index (χ3v) is 4.27. The molecule has 2 heterocycles. The third kappa shape index (κ3) is 4.55. The number of anilines is 2. The molecule has 1 aromatic heterocycles. The SMILES string of the molecule is c1nc(NCCCOC2CCCC2)cc(N2CCOCC2)n1. The molecule has 0 aromatic carbocycles. The van der Waals surface area contributed by atoms with Gasteiger partial charge in [-0.3, -0.25) is 0 Å². The third-order valence-electron chi connectivity index (χ3n) is 4.27. The second kappa shape index (κ2) is 8.29. The van der Waals surface area contributed by atoms with E-state index in [0.29, 0.717) is 6.10 Å². The summed E-state index contributed by atoms with van der Waals surface area (Å²) in [5.41, 5.74) is 0. The summed E-state index contributed by atoms with van der Waals surface area (Å²) in [7, 11) is 0. The van der Waals surface area contributed by atoms with E-state index >= 15 is 0 Å². The van der Waals surface area contributed by atoms with Crippen LogP contribution < -0.4 is 10.2 Å². The van der Waals surface area contributed by atoms with Crippen LogP contribution in [0, 0.1) is 0 Å². The second-order valence-corrected chi connectivity index (χ2v) is 5.92. The Hall–Kier alpha value is -1.40. The molecule has 1 saturated heterocycles. The van der Waals surface area contributed by atoms with Crippen LogP contribution in [0.4, 0.5) is 11.6 Å². The van der Waals surface area contributed by atoms with Gasteiger partial charge in [-0.15, -0.1) is 0 Å². The molecule has 1 N–H and O–H groups in total. The molecule has 2 aliphatic rings. The van der Waals surface area contributed by atoms with Gasteiger partial charge >= 0.3 is 0 Å². The fourth-order valence-electron chi connectivity index (χ4n) is 3.00. The van der Waals surface area contributed by atoms with Crippen LogP contribution in [-0.2, 0) is 9.47 Å². The fraction of sp³-hybridized carbons (Fsp3) is 0.750. The van der Waals surface area contributed by atoms with Crippen LogP contribution in [0.2, 0.25) is 0 Å². The van der Waals surface area contributed by atoms with Crippen molar-refractivity contribution in [2.45, 2.75) is 38.2 Å². The summed E-state index contributed by atoms with van der Waals surface area (Å²) in [4.78, 5) is 10.9. The smallest absolute Gasteiger partial charge is 0.134 e. The van der Waals surface area contributed by atoms with Crippen molar-refractivity contribution < 1.29 is 9.47 Å². The zero-order valence-corrected chi connectivity index (χ0v) is 13.2. The topological polar surface area (TPSA) is 59.5 Å². The van der Waals surface area contributed by atoms with Crippen molar-refractivity contribution in [2.24, 2.45) is 0 Å². The standard InChI is InChI=1S/C16H26N4O2/c1-2-5-14(4-1)22-9-3-6-17-15-12-16(19-13-18-15)20-7-10-21-11-8-20/h12-14H,1-11H2,(H,17,18,19). The predicted molar refractivity (Wildman–Crippen MR) is 86.4 cm³/mol. The van der Waals surface area contributed by atoms with Gasteiger partial charge in [-0.25, -0.2) is 9.97 Å². The Morgan fingerprint density at radius 1 is 1.23 bits per heavy atom. The molecule has 1 aromatic rings. The first-order chi connectivity index (χ1) is 10.9. The molecule has 2 fully saturated rings. The minimum Gasteiger partial charge on any atom is -0.378 e. The van der Waals surface area contributed by atoms with E-state index in [2.05, 4.69) is 20.2 Å². The maximum Gasteiger partial charge on any atom is 0.134 e. The average molecular weight is 306 g/mol. The van der Waals surface area contributed by atoms with E-state index in [-0.39, 0.29) is 0 Å². The highest BCUT2D eigenvalue weighted by Crippen LogP contribution is 2.21. The normalized spacial score (nSPS) is 19.5. The molecule has 1 saturated carbocycles. The van der Waals surface area contributed by atoms with E-state index in [0.717, 1.165) is 57.5 Å². The predicted octanol–water partition coefficient (Wildman–Crippen LogP) is 2.07. The van der Waals surface area contributed by atoms with Crippen molar-refractivity contribution >= 4 is 11.6 Å². The molecule has 22 heavy (non-hydrogen) atoms. The van der Waals surface area contributed by atoms with E-state index in [4.69, 9.17) is 9.47 Å². The Labute approximate surface area is 132 Å². The van der Waals surface area contributed by atoms with Gasteiger partial charge in [-0.1, -0.05) is 12.8 Å². The second-order valence-electron chi connectivity index (χ2n) is 5.92. The van der Waals surface area contributed by atoms with Crippen LogP contribution in [0.25, 0.3) is 0 Å². The molecule has 0 radical (unpaired) electrons. The lowest BCUT2D eigenvalue weighted by Crippen LogP contribution is -2.36. The van der Waals surface area contributed by atoms with Crippen molar-refractivity contribution in [1.82, 2.24) is 9.97 Å². The molecule has 0 spiro atoms. The summed E-state index contributed by atoms with van der Waals surface area (Å²) >= 11 is 0. The molecular formula is C16H26N4O2. The molecule has 0 unspecified atom stereocenters. The summed E-state index contributed by atoms with van der Waals surface area (Å²) in [5.74, 6) is 1.86. The highest BCUT2D eigenvalue weighted by Gasteiger charge is 2.15. The van der Waals surface area contributed by atoms with Crippen molar-refractivity contribution in [3.63, 3.8) is 0 Å². The summed E-state index contributed by atoms with van der Waals surface area (Å²) < 4.78 is 11.2. The Morgan fingerprint density at radius 3 is 2.86 bits per heavy atom. The van der Waals surface area contributed by atoms with E-state index in [1.807, 2.05) is 6.07 Å². The zero-order chi connectivity index (χ0) is 15.0. The summed E-state index contributed by atoms with van der Waals surface area (Å²) in [6, 6.07) is 2.02. The maximum absolute atomic E-state index is 5.86. The van der Waals surface area contributed by atoms with Gasteiger partial charge in [0.1, 0.15) is 18.0 Å². The highest BCUT2D eigenvalue weighted by atomic mass is 16.5. The van der Waals surface area contributed by atoms with Gasteiger partial charge in [0.25, 0.3) is 0 Å². The van der Waals surface area contributed by atoms with Gasteiger partial charge in [-0.2, -0.15) is 0 Å². The minimum absolute atomic E-state index is 0.506. The van der Waals surface area contributed by atoms with Gasteiger partial charge in [-0.05, 0) is 19.3 Å². The van der Waals surface area contributed by atoms with Gasteiger partial charge in [0, 0.05) is 32.3 Å². The molecule has 0 amide bonds. The van der Waals surface area contributed by atoms with Crippen molar-refractivity contribution in [3.8, 4) is 0 Å². The van der Waals surface area contributed by atoms with Crippen molar-refractivity contribution in [1.29, 1.82) is 0 Å². The van der Waals surface area contributed by atoms with Gasteiger partial charge < -0.3 is 19.7 Å². The number of nitrogens with zero attached hydrogens (tertiary/aromatic N) is 3. The largest absolute Gasteiger partial charge is 0.378 e. The fourth-order valence-corrected chi connectivity index (χ4v) is 3.00. The molecule has 1 aliphatic carbocycles. The quantitative estimate of drug-likeness (QED) is 0.778. The van der Waals surface area contributed by atoms with Crippen molar-refractivity contribution in [3.05, 3.63) is 12.4 Å². The molecule has 0 bridgehead atoms. The summed E-state index contributed by atoms with van der Waals surface area (Å²) in [6.07, 6.45) is 8.27. The van der Waals surface area contributed by atoms with E-state index in [9.17, 15) is 0 Å². The Morgan fingerprint density at radius 2 is 2.05 bits per heavy atom. The minimum atomic E-state index is 0.506. The maximum atomic E-state index is 5.86. The monoisotopic (exact) mass is 306 g/mol. The summed E-state index contributed by atoms with van der Waals surface area (Å²) in [6.45, 7) is 5.04. The van der Waals surface area contributed by atoms with Crippen LogP contribution >= 0.6 is 0 Å². The lowest BCUT2D eigenvalue weighted by atomic mass is 10.3. The number of hydrogen-bond acceptors (Lipinski definition) is 6. The lowest BCUT2D eigenvalue weighted by molar-refractivity contribution is 0.0583. The number of nitrogens with one attached hydrogen (secondary N) is 1. The first-order valence-electron chi connectivity index (χ1n) is 8.42. The average Bonchev–Trinajstić information content (AvgIpc) is 3.09. The van der Waals surface area contributed by atoms with Crippen molar-refractivity contribution in [2.75, 3.05) is 49.7 Å². The molecular weight excluding hydrogens is 280 g/mol. The zero-order valence-electron chi connectivity index (χ0n) is 13.2. The first-order valence-corrected chi connectivity index (χ1v) is 8.42. The molecule has 6 nitrogen and oxygen atoms in total. The van der Waals surface area contributed by atoms with Crippen LogP contribution in [0.3, 0.4) is 0 Å². The van der Waals surface area contributed by atoms with Crippen LogP contribution in [-0.4, -0.2) is 55.5 Å². The van der Waals surface area contributed by atoms with E-state index < -0.39 is 0 Å². The van der Waals surface area contributed by atoms with Gasteiger partial charge in [0.05, 0.1) is 19.3 Å². The van der Waals surface area contributed by atoms with Crippen LogP contribution in [0.15, 0.2) is 12.4 Å². The Bertz CT molecular complexity index is 446. The molecule has 1 aliphatic heterocycles. The number of rotatable bonds is 7. The molecule has 3 rings (SSSR count).